The lowest BCUT2D eigenvalue weighted by Crippen LogP contribution is -2.65. The van der Waals surface area contributed by atoms with Crippen LogP contribution in [0, 0.1) is 0 Å². The van der Waals surface area contributed by atoms with Crippen LogP contribution < -0.4 is 16.4 Å². The number of nitrogens with one attached hydrogen (secondary N) is 2. The van der Waals surface area contributed by atoms with Crippen LogP contribution in [0.15, 0.2) is 0 Å². The summed E-state index contributed by atoms with van der Waals surface area (Å²) in [5.41, 5.74) is 5.49. The van der Waals surface area contributed by atoms with Crippen molar-refractivity contribution in [3.05, 3.63) is 0 Å². The van der Waals surface area contributed by atoms with Gasteiger partial charge in [0.25, 0.3) is 0 Å². The second-order valence-electron chi connectivity index (χ2n) is 7.13. The van der Waals surface area contributed by atoms with Crippen LogP contribution in [-0.2, 0) is 19.1 Å². The molecule has 3 fully saturated rings. The molecule has 0 aromatic carbocycles. The molecule has 11 heteroatoms. The average Bonchev–Trinajstić information content (AvgIpc) is 2.74. The fourth-order valence-electron chi connectivity index (χ4n) is 3.73. The van der Waals surface area contributed by atoms with E-state index in [1.165, 1.54) is 4.90 Å². The highest BCUT2D eigenvalue weighted by Crippen LogP contribution is 2.15. The molecule has 0 aromatic heterocycles. The summed E-state index contributed by atoms with van der Waals surface area (Å²) in [5, 5.41) is 5.45. The van der Waals surface area contributed by atoms with Crippen molar-refractivity contribution in [2.75, 3.05) is 59.0 Å². The molecule has 0 unspecified atom stereocenters. The van der Waals surface area contributed by atoms with Crippen molar-refractivity contribution in [2.24, 2.45) is 5.73 Å². The van der Waals surface area contributed by atoms with Crippen LogP contribution in [0.3, 0.4) is 0 Å². The maximum Gasteiger partial charge on any atom is 0.320 e. The summed E-state index contributed by atoms with van der Waals surface area (Å²) in [4.78, 5) is 54.5. The summed E-state index contributed by atoms with van der Waals surface area (Å²) >= 11 is 0. The number of ether oxygens (including phenoxy) is 1. The van der Waals surface area contributed by atoms with Gasteiger partial charge in [-0.1, -0.05) is 0 Å². The number of piperidine rings is 1. The zero-order chi connectivity index (χ0) is 20.1. The molecular formula is C17H28N6O5. The van der Waals surface area contributed by atoms with E-state index in [0.717, 1.165) is 6.42 Å². The standard InChI is InChI=1S/C17H28N6O5/c18-10-14(24)23-5-4-22(17(27)21-6-8-28-9-7-21)11-13(23)16(26)20-12-2-1-3-19-15(12)25/h12-13H,1-11,18H2,(H,19,25)(H,20,26)/t12-,13+/m0/s1. The predicted octanol–water partition coefficient (Wildman–Crippen LogP) is -2.70. The van der Waals surface area contributed by atoms with Gasteiger partial charge >= 0.3 is 6.03 Å². The molecule has 3 rings (SSSR count). The zero-order valence-corrected chi connectivity index (χ0v) is 15.9. The molecule has 0 spiro atoms. The Kier molecular flexibility index (Phi) is 6.68. The average molecular weight is 396 g/mol. The van der Waals surface area contributed by atoms with E-state index in [1.54, 1.807) is 9.80 Å². The van der Waals surface area contributed by atoms with Gasteiger partial charge in [-0.3, -0.25) is 14.4 Å². The van der Waals surface area contributed by atoms with Gasteiger partial charge in [0.2, 0.25) is 17.7 Å². The first-order valence-electron chi connectivity index (χ1n) is 9.70. The Balaban J connectivity index is 1.69. The maximum absolute atomic E-state index is 12.9. The van der Waals surface area contributed by atoms with E-state index in [9.17, 15) is 19.2 Å². The highest BCUT2D eigenvalue weighted by atomic mass is 16.5. The minimum atomic E-state index is -0.871. The van der Waals surface area contributed by atoms with Gasteiger partial charge in [0.15, 0.2) is 0 Å². The number of nitrogens with two attached hydrogens (primary N) is 1. The van der Waals surface area contributed by atoms with Crippen molar-refractivity contribution in [3.8, 4) is 0 Å². The molecular weight excluding hydrogens is 368 g/mol. The fourth-order valence-corrected chi connectivity index (χ4v) is 3.73. The van der Waals surface area contributed by atoms with Gasteiger partial charge in [-0.2, -0.15) is 0 Å². The van der Waals surface area contributed by atoms with E-state index in [2.05, 4.69) is 10.6 Å². The number of rotatable bonds is 3. The van der Waals surface area contributed by atoms with Crippen LogP contribution in [0.4, 0.5) is 4.79 Å². The molecule has 4 N–H and O–H groups in total. The van der Waals surface area contributed by atoms with Crippen LogP contribution in [0.5, 0.6) is 0 Å². The third-order valence-corrected chi connectivity index (χ3v) is 5.33. The molecule has 5 amide bonds. The number of piperazine rings is 1. The van der Waals surface area contributed by atoms with Gasteiger partial charge in [-0.25, -0.2) is 4.79 Å². The van der Waals surface area contributed by atoms with Crippen molar-refractivity contribution < 1.29 is 23.9 Å². The van der Waals surface area contributed by atoms with E-state index >= 15 is 0 Å². The van der Waals surface area contributed by atoms with Crippen molar-refractivity contribution in [2.45, 2.75) is 24.9 Å². The topological polar surface area (TPSA) is 137 Å². The number of urea groups is 1. The smallest absolute Gasteiger partial charge is 0.320 e. The highest BCUT2D eigenvalue weighted by molar-refractivity contribution is 5.93. The van der Waals surface area contributed by atoms with Gasteiger partial charge in [-0.05, 0) is 12.8 Å². The monoisotopic (exact) mass is 396 g/mol. The molecule has 0 aromatic rings. The highest BCUT2D eigenvalue weighted by Gasteiger charge is 2.39. The van der Waals surface area contributed by atoms with Gasteiger partial charge in [0, 0.05) is 32.7 Å². The first kappa shape index (κ1) is 20.3. The van der Waals surface area contributed by atoms with Gasteiger partial charge in [-0.15, -0.1) is 0 Å². The number of carbonyl (C=O) groups is 4. The van der Waals surface area contributed by atoms with Gasteiger partial charge in [0.05, 0.1) is 26.3 Å². The quantitative estimate of drug-likeness (QED) is 0.475. The lowest BCUT2D eigenvalue weighted by Gasteiger charge is -2.42. The van der Waals surface area contributed by atoms with E-state index in [4.69, 9.17) is 10.5 Å². The molecule has 28 heavy (non-hydrogen) atoms. The molecule has 11 nitrogen and oxygen atoms in total. The van der Waals surface area contributed by atoms with Gasteiger partial charge in [0.1, 0.15) is 12.1 Å². The van der Waals surface area contributed by atoms with E-state index in [1.807, 2.05) is 0 Å². The van der Waals surface area contributed by atoms with Crippen molar-refractivity contribution in [3.63, 3.8) is 0 Å². The van der Waals surface area contributed by atoms with Crippen LogP contribution in [-0.4, -0.2) is 110 Å². The predicted molar refractivity (Wildman–Crippen MR) is 98.1 cm³/mol. The Labute approximate surface area is 163 Å². The van der Waals surface area contributed by atoms with E-state index in [0.29, 0.717) is 45.8 Å². The largest absolute Gasteiger partial charge is 0.378 e. The molecule has 0 aliphatic carbocycles. The number of nitrogens with zero attached hydrogens (tertiary/aromatic N) is 3. The minimum Gasteiger partial charge on any atom is -0.378 e. The summed E-state index contributed by atoms with van der Waals surface area (Å²) < 4.78 is 5.27. The minimum absolute atomic E-state index is 0.0715. The van der Waals surface area contributed by atoms with Gasteiger partial charge < -0.3 is 35.8 Å². The molecule has 2 atom stereocenters. The summed E-state index contributed by atoms with van der Waals surface area (Å²) in [6, 6.07) is -1.66. The Morgan fingerprint density at radius 3 is 2.57 bits per heavy atom. The number of hydrogen-bond donors (Lipinski definition) is 3. The van der Waals surface area contributed by atoms with Crippen molar-refractivity contribution in [1.82, 2.24) is 25.3 Å². The number of carbonyl (C=O) groups excluding carboxylic acids is 4. The summed E-state index contributed by atoms with van der Waals surface area (Å²) in [5.74, 6) is -1.02. The molecule has 0 radical (unpaired) electrons. The van der Waals surface area contributed by atoms with Crippen LogP contribution in [0.1, 0.15) is 12.8 Å². The summed E-state index contributed by atoms with van der Waals surface area (Å²) in [6.07, 6.45) is 1.32. The van der Waals surface area contributed by atoms with E-state index in [-0.39, 0.29) is 37.5 Å². The van der Waals surface area contributed by atoms with Crippen molar-refractivity contribution in [1.29, 1.82) is 0 Å². The Morgan fingerprint density at radius 2 is 1.89 bits per heavy atom. The third kappa shape index (κ3) is 4.53. The van der Waals surface area contributed by atoms with E-state index < -0.39 is 18.0 Å². The van der Waals surface area contributed by atoms with Crippen LogP contribution in [0.2, 0.25) is 0 Å². The molecule has 3 aliphatic heterocycles. The number of morpholine rings is 1. The second-order valence-corrected chi connectivity index (χ2v) is 7.13. The molecule has 3 aliphatic rings. The SMILES string of the molecule is NCC(=O)N1CCN(C(=O)N2CCOCC2)C[C@@H]1C(=O)N[C@H]1CCCNC1=O. The second kappa shape index (κ2) is 9.20. The lowest BCUT2D eigenvalue weighted by atomic mass is 10.0. The Hall–Kier alpha value is -2.40. The number of amides is 5. The third-order valence-electron chi connectivity index (χ3n) is 5.33. The molecule has 3 heterocycles. The molecule has 3 saturated heterocycles. The molecule has 156 valence electrons. The summed E-state index contributed by atoms with van der Waals surface area (Å²) in [7, 11) is 0. The first-order valence-corrected chi connectivity index (χ1v) is 9.70. The Bertz CT molecular complexity index is 623. The number of hydrogen-bond acceptors (Lipinski definition) is 6. The first-order chi connectivity index (χ1) is 13.5. The fraction of sp³-hybridized carbons (Fsp3) is 0.765. The Morgan fingerprint density at radius 1 is 1.14 bits per heavy atom. The van der Waals surface area contributed by atoms with Crippen LogP contribution in [0.25, 0.3) is 0 Å². The zero-order valence-electron chi connectivity index (χ0n) is 15.9. The van der Waals surface area contributed by atoms with Crippen molar-refractivity contribution >= 4 is 23.8 Å². The lowest BCUT2D eigenvalue weighted by molar-refractivity contribution is -0.143. The molecule has 0 bridgehead atoms. The maximum atomic E-state index is 12.9. The molecule has 0 saturated carbocycles. The summed E-state index contributed by atoms with van der Waals surface area (Å²) in [6.45, 7) is 2.97. The normalized spacial score (nSPS) is 25.9. The van der Waals surface area contributed by atoms with Crippen LogP contribution >= 0.6 is 0 Å².